The molecule has 2 unspecified atom stereocenters. The summed E-state index contributed by atoms with van der Waals surface area (Å²) in [4.78, 5) is 9.03. The highest BCUT2D eigenvalue weighted by atomic mass is 16.5. The number of hydrogen-bond donors (Lipinski definition) is 2. The second kappa shape index (κ2) is 9.76. The Labute approximate surface area is 178 Å². The highest BCUT2D eigenvalue weighted by Gasteiger charge is 2.27. The molecule has 4 rings (SSSR count). The van der Waals surface area contributed by atoms with E-state index in [0.29, 0.717) is 5.92 Å². The summed E-state index contributed by atoms with van der Waals surface area (Å²) in [6.07, 6.45) is 7.36. The number of benzene rings is 1. The maximum absolute atomic E-state index is 6.14. The van der Waals surface area contributed by atoms with Crippen LogP contribution in [-0.4, -0.2) is 42.1 Å². The number of nitrogens with zero attached hydrogens (tertiary/aromatic N) is 3. The molecular formula is C24H31N5O. The molecule has 2 aromatic heterocycles. The summed E-state index contributed by atoms with van der Waals surface area (Å²) in [5.41, 5.74) is 4.60. The van der Waals surface area contributed by atoms with E-state index in [1.165, 1.54) is 11.1 Å². The second-order valence-electron chi connectivity index (χ2n) is 7.93. The number of aromatic nitrogens is 2. The molecule has 3 heterocycles. The Bertz CT molecular complexity index is 946. The Morgan fingerprint density at radius 3 is 2.87 bits per heavy atom. The fraction of sp³-hybridized carbons (Fsp3) is 0.417. The second-order valence-corrected chi connectivity index (χ2v) is 7.93. The third-order valence-corrected chi connectivity index (χ3v) is 5.69. The maximum atomic E-state index is 6.14. The summed E-state index contributed by atoms with van der Waals surface area (Å²) in [7, 11) is 1.81. The first-order valence-corrected chi connectivity index (χ1v) is 10.8. The van der Waals surface area contributed by atoms with Gasteiger partial charge in [0.25, 0.3) is 0 Å². The Kier molecular flexibility index (Phi) is 6.64. The first-order chi connectivity index (χ1) is 14.7. The van der Waals surface area contributed by atoms with Gasteiger partial charge in [-0.1, -0.05) is 35.9 Å². The number of guanidine groups is 1. The van der Waals surface area contributed by atoms with E-state index in [-0.39, 0.29) is 6.10 Å². The summed E-state index contributed by atoms with van der Waals surface area (Å²) < 4.78 is 8.19. The summed E-state index contributed by atoms with van der Waals surface area (Å²) in [5, 5.41) is 6.91. The van der Waals surface area contributed by atoms with Crippen molar-refractivity contribution in [3.63, 3.8) is 0 Å². The highest BCUT2D eigenvalue weighted by molar-refractivity contribution is 5.79. The number of nitrogens with one attached hydrogen (secondary N) is 2. The first kappa shape index (κ1) is 20.4. The summed E-state index contributed by atoms with van der Waals surface area (Å²) in [6, 6.07) is 14.8. The molecule has 1 saturated heterocycles. The van der Waals surface area contributed by atoms with Crippen LogP contribution >= 0.6 is 0 Å². The lowest BCUT2D eigenvalue weighted by Gasteiger charge is -2.32. The minimum Gasteiger partial charge on any atom is -0.373 e. The number of rotatable bonds is 6. The average molecular weight is 406 g/mol. The van der Waals surface area contributed by atoms with Crippen LogP contribution in [0.5, 0.6) is 0 Å². The van der Waals surface area contributed by atoms with Gasteiger partial charge < -0.3 is 19.8 Å². The standard InChI is InChI=1S/C24H31N5O/c1-18-8-10-19(11-9-18)23-20(6-5-15-30-23)16-27-24(25-2)26-13-12-21-17-29-14-4-3-7-22(29)28-21/h3-4,7-11,14,17,20,23H,5-6,12-13,15-16H2,1-2H3,(H2,25,26,27). The van der Waals surface area contributed by atoms with Crippen LogP contribution in [-0.2, 0) is 11.2 Å². The quantitative estimate of drug-likeness (QED) is 0.487. The van der Waals surface area contributed by atoms with Gasteiger partial charge in [0.05, 0.1) is 11.8 Å². The summed E-state index contributed by atoms with van der Waals surface area (Å²) in [5.74, 6) is 1.26. The van der Waals surface area contributed by atoms with E-state index < -0.39 is 0 Å². The van der Waals surface area contributed by atoms with E-state index in [2.05, 4.69) is 62.4 Å². The molecule has 0 bridgehead atoms. The fourth-order valence-corrected chi connectivity index (χ4v) is 4.04. The van der Waals surface area contributed by atoms with Gasteiger partial charge in [0.1, 0.15) is 5.65 Å². The van der Waals surface area contributed by atoms with Gasteiger partial charge in [0.15, 0.2) is 5.96 Å². The van der Waals surface area contributed by atoms with E-state index in [0.717, 1.165) is 56.3 Å². The largest absolute Gasteiger partial charge is 0.373 e. The summed E-state index contributed by atoms with van der Waals surface area (Å²) in [6.45, 7) is 4.58. The molecule has 2 N–H and O–H groups in total. The smallest absolute Gasteiger partial charge is 0.191 e. The molecule has 0 spiro atoms. The van der Waals surface area contributed by atoms with Gasteiger partial charge in [-0.25, -0.2) is 4.98 Å². The Balaban J connectivity index is 1.29. The van der Waals surface area contributed by atoms with Crippen molar-refractivity contribution < 1.29 is 4.74 Å². The summed E-state index contributed by atoms with van der Waals surface area (Å²) >= 11 is 0. The maximum Gasteiger partial charge on any atom is 0.191 e. The van der Waals surface area contributed by atoms with Crippen LogP contribution in [0.2, 0.25) is 0 Å². The fourth-order valence-electron chi connectivity index (χ4n) is 4.04. The van der Waals surface area contributed by atoms with Crippen molar-refractivity contribution >= 4 is 11.6 Å². The van der Waals surface area contributed by atoms with Gasteiger partial charge >= 0.3 is 0 Å². The molecule has 1 aliphatic rings. The third-order valence-electron chi connectivity index (χ3n) is 5.69. The molecule has 1 aliphatic heterocycles. The van der Waals surface area contributed by atoms with Crippen LogP contribution in [0, 0.1) is 12.8 Å². The number of pyridine rings is 1. The van der Waals surface area contributed by atoms with Gasteiger partial charge in [-0.3, -0.25) is 4.99 Å². The van der Waals surface area contributed by atoms with Crippen molar-refractivity contribution in [1.82, 2.24) is 20.0 Å². The highest BCUT2D eigenvalue weighted by Crippen LogP contribution is 2.33. The normalized spacial score (nSPS) is 19.7. The predicted molar refractivity (Wildman–Crippen MR) is 121 cm³/mol. The van der Waals surface area contributed by atoms with Crippen LogP contribution in [0.1, 0.15) is 35.8 Å². The van der Waals surface area contributed by atoms with E-state index in [9.17, 15) is 0 Å². The minimum atomic E-state index is 0.142. The average Bonchev–Trinajstić information content (AvgIpc) is 3.20. The topological polar surface area (TPSA) is 63.0 Å². The molecule has 1 aromatic carbocycles. The molecule has 0 amide bonds. The van der Waals surface area contributed by atoms with Gasteiger partial charge in [-0.05, 0) is 37.5 Å². The minimum absolute atomic E-state index is 0.142. The zero-order valence-electron chi connectivity index (χ0n) is 17.8. The van der Waals surface area contributed by atoms with Gasteiger partial charge in [-0.15, -0.1) is 0 Å². The van der Waals surface area contributed by atoms with Crippen molar-refractivity contribution in [2.24, 2.45) is 10.9 Å². The van der Waals surface area contributed by atoms with E-state index in [1.54, 1.807) is 0 Å². The van der Waals surface area contributed by atoms with Crippen LogP contribution in [0.4, 0.5) is 0 Å². The molecule has 2 atom stereocenters. The van der Waals surface area contributed by atoms with E-state index in [4.69, 9.17) is 4.74 Å². The Morgan fingerprint density at radius 2 is 2.07 bits per heavy atom. The zero-order chi connectivity index (χ0) is 20.8. The van der Waals surface area contributed by atoms with Crippen LogP contribution in [0.15, 0.2) is 59.9 Å². The molecule has 1 fully saturated rings. The monoisotopic (exact) mass is 405 g/mol. The molecule has 6 heteroatoms. The van der Waals surface area contributed by atoms with Gasteiger partial charge in [0.2, 0.25) is 0 Å². The molecule has 0 radical (unpaired) electrons. The van der Waals surface area contributed by atoms with E-state index in [1.807, 2.05) is 31.4 Å². The lowest BCUT2D eigenvalue weighted by Crippen LogP contribution is -2.42. The van der Waals surface area contributed by atoms with Gasteiger partial charge in [0, 0.05) is 51.5 Å². The predicted octanol–water partition coefficient (Wildman–Crippen LogP) is 3.52. The Hall–Kier alpha value is -2.86. The molecule has 158 valence electrons. The van der Waals surface area contributed by atoms with Gasteiger partial charge in [-0.2, -0.15) is 0 Å². The van der Waals surface area contributed by atoms with Crippen LogP contribution < -0.4 is 10.6 Å². The third kappa shape index (κ3) is 5.00. The van der Waals surface area contributed by atoms with Crippen molar-refractivity contribution in [3.8, 4) is 0 Å². The molecule has 30 heavy (non-hydrogen) atoms. The van der Waals surface area contributed by atoms with Crippen LogP contribution in [0.3, 0.4) is 0 Å². The van der Waals surface area contributed by atoms with Crippen molar-refractivity contribution in [2.75, 3.05) is 26.7 Å². The van der Waals surface area contributed by atoms with Crippen molar-refractivity contribution in [3.05, 3.63) is 71.7 Å². The lowest BCUT2D eigenvalue weighted by molar-refractivity contribution is -0.0265. The first-order valence-electron chi connectivity index (χ1n) is 10.8. The van der Waals surface area contributed by atoms with Crippen molar-refractivity contribution in [1.29, 1.82) is 0 Å². The van der Waals surface area contributed by atoms with Crippen LogP contribution in [0.25, 0.3) is 5.65 Å². The molecule has 0 aliphatic carbocycles. The molecule has 0 saturated carbocycles. The lowest BCUT2D eigenvalue weighted by atomic mass is 9.89. The Morgan fingerprint density at radius 1 is 1.20 bits per heavy atom. The molecule has 6 nitrogen and oxygen atoms in total. The SMILES string of the molecule is CN=C(NCCc1cn2ccccc2n1)NCC1CCCOC1c1ccc(C)cc1. The van der Waals surface area contributed by atoms with Crippen molar-refractivity contribution in [2.45, 2.75) is 32.3 Å². The molecule has 3 aromatic rings. The molecular weight excluding hydrogens is 374 g/mol. The number of aliphatic imine (C=N–C) groups is 1. The number of hydrogen-bond acceptors (Lipinski definition) is 3. The number of ether oxygens (including phenoxy) is 1. The van der Waals surface area contributed by atoms with E-state index >= 15 is 0 Å². The number of fused-ring (bicyclic) bond motifs is 1. The zero-order valence-corrected chi connectivity index (χ0v) is 17.8. The number of imidazole rings is 1. The number of aryl methyl sites for hydroxylation is 1.